The summed E-state index contributed by atoms with van der Waals surface area (Å²) in [6.45, 7) is 3.50. The largest absolute Gasteiger partial charge is 0.455 e. The van der Waals surface area contributed by atoms with E-state index < -0.39 is 0 Å². The molecular weight excluding hydrogens is 243 g/mol. The third-order valence-electron chi connectivity index (χ3n) is 2.83. The van der Waals surface area contributed by atoms with Crippen LogP contribution in [0.2, 0.25) is 0 Å². The van der Waals surface area contributed by atoms with Gasteiger partial charge in [0.25, 0.3) is 0 Å². The van der Waals surface area contributed by atoms with E-state index in [4.69, 9.17) is 15.7 Å². The monoisotopic (exact) mass is 256 g/mol. The van der Waals surface area contributed by atoms with Crippen molar-refractivity contribution in [3.8, 4) is 17.6 Å². The van der Waals surface area contributed by atoms with Crippen molar-refractivity contribution in [2.45, 2.75) is 13.8 Å². The summed E-state index contributed by atoms with van der Waals surface area (Å²) in [5, 5.41) is 8.87. The van der Waals surface area contributed by atoms with Crippen molar-refractivity contribution in [1.29, 1.82) is 5.26 Å². The molecule has 2 rings (SSSR count). The fraction of sp³-hybridized carbons (Fsp3) is 0.133. The highest BCUT2D eigenvalue weighted by molar-refractivity contribution is 5.56. The molecule has 4 heteroatoms. The summed E-state index contributed by atoms with van der Waals surface area (Å²) in [5.74, 6) is 0.557. The van der Waals surface area contributed by atoms with E-state index >= 15 is 0 Å². The van der Waals surface area contributed by atoms with Crippen molar-refractivity contribution < 1.29 is 9.13 Å². The van der Waals surface area contributed by atoms with Gasteiger partial charge < -0.3 is 10.5 Å². The van der Waals surface area contributed by atoms with E-state index in [1.165, 1.54) is 6.07 Å². The Bertz CT molecular complexity index is 675. The van der Waals surface area contributed by atoms with Gasteiger partial charge in [-0.05, 0) is 43.2 Å². The number of aryl methyl sites for hydroxylation is 2. The Hall–Kier alpha value is -2.54. The highest BCUT2D eigenvalue weighted by atomic mass is 19.1. The van der Waals surface area contributed by atoms with Gasteiger partial charge in [0.05, 0.1) is 17.3 Å². The van der Waals surface area contributed by atoms with Gasteiger partial charge in [-0.25, -0.2) is 4.39 Å². The van der Waals surface area contributed by atoms with Crippen LogP contribution in [0.5, 0.6) is 11.5 Å². The van der Waals surface area contributed by atoms with Crippen LogP contribution in [0.25, 0.3) is 0 Å². The lowest BCUT2D eigenvalue weighted by molar-refractivity contribution is 0.478. The second-order valence-corrected chi connectivity index (χ2v) is 4.33. The molecule has 0 radical (unpaired) electrons. The molecule has 0 amide bonds. The maximum Gasteiger partial charge on any atom is 0.150 e. The Morgan fingerprint density at radius 2 is 1.84 bits per heavy atom. The highest BCUT2D eigenvalue weighted by Crippen LogP contribution is 2.31. The molecule has 3 nitrogen and oxygen atoms in total. The van der Waals surface area contributed by atoms with Gasteiger partial charge in [-0.2, -0.15) is 5.26 Å². The third kappa shape index (κ3) is 2.66. The second-order valence-electron chi connectivity index (χ2n) is 4.33. The van der Waals surface area contributed by atoms with Crippen LogP contribution in [0.1, 0.15) is 16.7 Å². The Morgan fingerprint density at radius 1 is 1.11 bits per heavy atom. The number of halogens is 1. The van der Waals surface area contributed by atoms with Gasteiger partial charge in [0.2, 0.25) is 0 Å². The summed E-state index contributed by atoms with van der Waals surface area (Å²) in [7, 11) is 0. The zero-order valence-corrected chi connectivity index (χ0v) is 10.7. The first-order valence-corrected chi connectivity index (χ1v) is 5.75. The fourth-order valence-corrected chi connectivity index (χ4v) is 1.66. The predicted molar refractivity (Wildman–Crippen MR) is 71.5 cm³/mol. The maximum absolute atomic E-state index is 13.3. The summed E-state index contributed by atoms with van der Waals surface area (Å²) in [4.78, 5) is 0. The SMILES string of the molecule is Cc1cc(Oc2cc(C#N)ccc2C)c(N)cc1F. The van der Waals surface area contributed by atoms with Crippen LogP contribution in [0.15, 0.2) is 30.3 Å². The molecular formula is C15H13FN2O. The molecule has 2 N–H and O–H groups in total. The number of nitrogens with two attached hydrogens (primary N) is 1. The Morgan fingerprint density at radius 3 is 2.53 bits per heavy atom. The Labute approximate surface area is 111 Å². The molecule has 19 heavy (non-hydrogen) atoms. The zero-order valence-electron chi connectivity index (χ0n) is 10.7. The van der Waals surface area contributed by atoms with Gasteiger partial charge in [0.1, 0.15) is 11.6 Å². The molecule has 96 valence electrons. The maximum atomic E-state index is 13.3. The molecule has 2 aromatic carbocycles. The highest BCUT2D eigenvalue weighted by Gasteiger charge is 2.09. The molecule has 0 saturated carbocycles. The van der Waals surface area contributed by atoms with E-state index in [1.54, 1.807) is 31.2 Å². The number of ether oxygens (including phenoxy) is 1. The van der Waals surface area contributed by atoms with Gasteiger partial charge in [0.15, 0.2) is 5.75 Å². The molecule has 0 fully saturated rings. The van der Waals surface area contributed by atoms with Crippen molar-refractivity contribution in [2.75, 3.05) is 5.73 Å². The number of nitrogen functional groups attached to an aromatic ring is 1. The molecule has 0 aliphatic carbocycles. The number of benzene rings is 2. The van der Waals surface area contributed by atoms with Crippen LogP contribution in [0.3, 0.4) is 0 Å². The molecule has 0 saturated heterocycles. The molecule has 0 aliphatic rings. The number of nitrogens with zero attached hydrogens (tertiary/aromatic N) is 1. The van der Waals surface area contributed by atoms with Crippen LogP contribution in [-0.4, -0.2) is 0 Å². The van der Waals surface area contributed by atoms with Crippen molar-refractivity contribution >= 4 is 5.69 Å². The van der Waals surface area contributed by atoms with Crippen LogP contribution < -0.4 is 10.5 Å². The Kier molecular flexibility index (Phi) is 3.39. The van der Waals surface area contributed by atoms with Crippen molar-refractivity contribution in [3.05, 3.63) is 52.8 Å². The minimum atomic E-state index is -0.368. The van der Waals surface area contributed by atoms with Gasteiger partial charge >= 0.3 is 0 Å². The molecule has 0 spiro atoms. The lowest BCUT2D eigenvalue weighted by atomic mass is 10.1. The second kappa shape index (κ2) is 4.99. The molecule has 0 bridgehead atoms. The van der Waals surface area contributed by atoms with E-state index in [-0.39, 0.29) is 11.5 Å². The first-order chi connectivity index (χ1) is 9.01. The molecule has 0 aromatic heterocycles. The summed E-state index contributed by atoms with van der Waals surface area (Å²) in [5.41, 5.74) is 7.79. The summed E-state index contributed by atoms with van der Waals surface area (Å²) in [6.07, 6.45) is 0. The average Bonchev–Trinajstić information content (AvgIpc) is 2.38. The van der Waals surface area contributed by atoms with E-state index in [0.29, 0.717) is 22.6 Å². The summed E-state index contributed by atoms with van der Waals surface area (Å²) < 4.78 is 19.0. The number of anilines is 1. The molecule has 0 unspecified atom stereocenters. The molecule has 0 aliphatic heterocycles. The van der Waals surface area contributed by atoms with Crippen molar-refractivity contribution in [1.82, 2.24) is 0 Å². The van der Waals surface area contributed by atoms with E-state index in [1.807, 2.05) is 13.0 Å². The average molecular weight is 256 g/mol. The van der Waals surface area contributed by atoms with Gasteiger partial charge in [-0.3, -0.25) is 0 Å². The predicted octanol–water partition coefficient (Wildman–Crippen LogP) is 3.69. The van der Waals surface area contributed by atoms with Crippen LogP contribution in [0, 0.1) is 31.0 Å². The summed E-state index contributed by atoms with van der Waals surface area (Å²) in [6, 6.07) is 9.95. The number of nitriles is 1. The minimum absolute atomic E-state index is 0.227. The lowest BCUT2D eigenvalue weighted by Gasteiger charge is -2.12. The summed E-state index contributed by atoms with van der Waals surface area (Å²) >= 11 is 0. The number of rotatable bonds is 2. The quantitative estimate of drug-likeness (QED) is 0.833. The van der Waals surface area contributed by atoms with Gasteiger partial charge in [-0.15, -0.1) is 0 Å². The topological polar surface area (TPSA) is 59.0 Å². The standard InChI is InChI=1S/C15H13FN2O/c1-9-3-4-11(8-17)6-14(9)19-15-5-10(2)12(16)7-13(15)18/h3-7H,18H2,1-2H3. The number of hydrogen-bond acceptors (Lipinski definition) is 3. The normalized spacial score (nSPS) is 10.0. The van der Waals surface area contributed by atoms with Crippen molar-refractivity contribution in [2.24, 2.45) is 0 Å². The zero-order chi connectivity index (χ0) is 14.0. The van der Waals surface area contributed by atoms with E-state index in [0.717, 1.165) is 5.56 Å². The first-order valence-electron chi connectivity index (χ1n) is 5.75. The van der Waals surface area contributed by atoms with E-state index in [9.17, 15) is 4.39 Å². The first kappa shape index (κ1) is 12.9. The van der Waals surface area contributed by atoms with Gasteiger partial charge in [-0.1, -0.05) is 6.07 Å². The van der Waals surface area contributed by atoms with E-state index in [2.05, 4.69) is 0 Å². The van der Waals surface area contributed by atoms with Crippen molar-refractivity contribution in [3.63, 3.8) is 0 Å². The third-order valence-corrected chi connectivity index (χ3v) is 2.83. The Balaban J connectivity index is 2.42. The smallest absolute Gasteiger partial charge is 0.150 e. The lowest BCUT2D eigenvalue weighted by Crippen LogP contribution is -1.96. The van der Waals surface area contributed by atoms with Gasteiger partial charge in [0, 0.05) is 6.07 Å². The number of hydrogen-bond donors (Lipinski definition) is 1. The molecule has 2 aromatic rings. The van der Waals surface area contributed by atoms with Crippen LogP contribution in [-0.2, 0) is 0 Å². The minimum Gasteiger partial charge on any atom is -0.455 e. The van der Waals surface area contributed by atoms with Crippen LogP contribution >= 0.6 is 0 Å². The van der Waals surface area contributed by atoms with Crippen LogP contribution in [0.4, 0.5) is 10.1 Å². The molecule has 0 atom stereocenters. The fourth-order valence-electron chi connectivity index (χ4n) is 1.66. The molecule has 0 heterocycles.